The first-order valence-electron chi connectivity index (χ1n) is 5.29. The van der Waals surface area contributed by atoms with Gasteiger partial charge in [0.05, 0.1) is 0 Å². The molecule has 1 fully saturated rings. The molecule has 8 heteroatoms. The molecule has 0 radical (unpaired) electrons. The van der Waals surface area contributed by atoms with Crippen LogP contribution < -0.4 is 15.4 Å². The minimum Gasteiger partial charge on any atom is -0.406 e. The number of ether oxygens (including phenoxy) is 1. The fourth-order valence-electron chi connectivity index (χ4n) is 1.64. The molecule has 1 aromatic carbocycles. The fraction of sp³-hybridized carbons (Fsp3) is 0.273. The number of alkyl halides is 3. The molecule has 102 valence electrons. The van der Waals surface area contributed by atoms with Gasteiger partial charge in [-0.05, 0) is 17.7 Å². The lowest BCUT2D eigenvalue weighted by Crippen LogP contribution is -2.24. The van der Waals surface area contributed by atoms with E-state index in [4.69, 9.17) is 0 Å². The molecule has 1 aromatic rings. The predicted molar refractivity (Wildman–Crippen MR) is 60.5 cm³/mol. The lowest BCUT2D eigenvalue weighted by molar-refractivity contribution is -0.274. The first-order chi connectivity index (χ1) is 8.89. The molecule has 1 amide bonds. The summed E-state index contributed by atoms with van der Waals surface area (Å²) in [5.74, 6) is -0.324. The van der Waals surface area contributed by atoms with E-state index in [0.717, 1.165) is 12.1 Å². The highest BCUT2D eigenvalue weighted by Crippen LogP contribution is 2.25. The smallest absolute Gasteiger partial charge is 0.406 e. The molecule has 2 rings (SSSR count). The average molecular weight is 273 g/mol. The van der Waals surface area contributed by atoms with Crippen LogP contribution in [0.5, 0.6) is 5.75 Å². The van der Waals surface area contributed by atoms with Crippen LogP contribution in [0, 0.1) is 0 Å². The van der Waals surface area contributed by atoms with Gasteiger partial charge in [0.25, 0.3) is 5.91 Å². The molecule has 0 bridgehead atoms. The number of nitrogens with zero attached hydrogens (tertiary/aromatic N) is 1. The molecule has 1 aliphatic rings. The maximum absolute atomic E-state index is 12.0. The Morgan fingerprint density at radius 1 is 1.26 bits per heavy atom. The van der Waals surface area contributed by atoms with Gasteiger partial charge in [0, 0.05) is 7.05 Å². The Balaban J connectivity index is 2.13. The van der Waals surface area contributed by atoms with Crippen molar-refractivity contribution < 1.29 is 22.7 Å². The van der Waals surface area contributed by atoms with Crippen molar-refractivity contribution in [2.45, 2.75) is 12.4 Å². The van der Waals surface area contributed by atoms with E-state index in [1.165, 1.54) is 19.2 Å². The van der Waals surface area contributed by atoms with Crippen molar-refractivity contribution in [2.24, 2.45) is 4.99 Å². The SMILES string of the molecule is CN=C1NC(=O)C(c2ccc(OC(F)(F)F)cc2)N1. The van der Waals surface area contributed by atoms with Crippen molar-refractivity contribution in [3.8, 4) is 5.75 Å². The van der Waals surface area contributed by atoms with Gasteiger partial charge >= 0.3 is 6.36 Å². The number of hydrogen-bond donors (Lipinski definition) is 2. The molecule has 1 heterocycles. The van der Waals surface area contributed by atoms with Gasteiger partial charge in [-0.15, -0.1) is 13.2 Å². The van der Waals surface area contributed by atoms with Gasteiger partial charge in [0.2, 0.25) is 0 Å². The predicted octanol–water partition coefficient (Wildman–Crippen LogP) is 1.33. The summed E-state index contributed by atoms with van der Waals surface area (Å²) in [7, 11) is 1.51. The second kappa shape index (κ2) is 4.79. The molecule has 19 heavy (non-hydrogen) atoms. The molecule has 1 unspecified atom stereocenters. The Morgan fingerprint density at radius 3 is 2.37 bits per heavy atom. The Kier molecular flexibility index (Phi) is 3.32. The van der Waals surface area contributed by atoms with Crippen LogP contribution in [-0.4, -0.2) is 25.3 Å². The number of carbonyl (C=O) groups is 1. The summed E-state index contributed by atoms with van der Waals surface area (Å²) in [5.41, 5.74) is 0.519. The molecule has 2 N–H and O–H groups in total. The Labute approximate surface area is 106 Å². The maximum atomic E-state index is 12.0. The first-order valence-corrected chi connectivity index (χ1v) is 5.29. The Morgan fingerprint density at radius 2 is 1.89 bits per heavy atom. The van der Waals surface area contributed by atoms with E-state index in [1.807, 2.05) is 0 Å². The molecule has 0 saturated carbocycles. The normalized spacial score (nSPS) is 21.2. The number of rotatable bonds is 2. The minimum atomic E-state index is -4.73. The van der Waals surface area contributed by atoms with E-state index < -0.39 is 12.4 Å². The van der Waals surface area contributed by atoms with Crippen LogP contribution in [0.2, 0.25) is 0 Å². The summed E-state index contributed by atoms with van der Waals surface area (Å²) in [4.78, 5) is 15.4. The van der Waals surface area contributed by atoms with Gasteiger partial charge in [-0.1, -0.05) is 12.1 Å². The summed E-state index contributed by atoms with van der Waals surface area (Å²) < 4.78 is 39.7. The standard InChI is InChI=1S/C11H10F3N3O2/c1-15-10-16-8(9(18)17-10)6-2-4-7(5-3-6)19-11(12,13)14/h2-5,8H,1H3,(H2,15,16,17,18). The lowest BCUT2D eigenvalue weighted by atomic mass is 10.1. The van der Waals surface area contributed by atoms with Crippen LogP contribution >= 0.6 is 0 Å². The molecule has 1 atom stereocenters. The van der Waals surface area contributed by atoms with E-state index in [0.29, 0.717) is 11.5 Å². The van der Waals surface area contributed by atoms with Gasteiger partial charge in [-0.2, -0.15) is 0 Å². The zero-order valence-electron chi connectivity index (χ0n) is 9.78. The molecule has 1 saturated heterocycles. The third kappa shape index (κ3) is 3.15. The van der Waals surface area contributed by atoms with Gasteiger partial charge in [-0.25, -0.2) is 0 Å². The number of guanidine groups is 1. The number of benzene rings is 1. The van der Waals surface area contributed by atoms with Crippen LogP contribution in [0.15, 0.2) is 29.3 Å². The molecular weight excluding hydrogens is 263 g/mol. The monoisotopic (exact) mass is 273 g/mol. The minimum absolute atomic E-state index is 0.315. The lowest BCUT2D eigenvalue weighted by Gasteiger charge is -2.11. The van der Waals surface area contributed by atoms with Crippen LogP contribution in [0.3, 0.4) is 0 Å². The van der Waals surface area contributed by atoms with Crippen LogP contribution in [-0.2, 0) is 4.79 Å². The summed E-state index contributed by atoms with van der Waals surface area (Å²) >= 11 is 0. The number of nitrogens with one attached hydrogen (secondary N) is 2. The van der Waals surface area contributed by atoms with E-state index >= 15 is 0 Å². The van der Waals surface area contributed by atoms with Crippen LogP contribution in [0.4, 0.5) is 13.2 Å². The number of aliphatic imine (C=N–C) groups is 1. The number of carbonyl (C=O) groups excluding carboxylic acids is 1. The zero-order chi connectivity index (χ0) is 14.0. The van der Waals surface area contributed by atoms with Gasteiger partial charge < -0.3 is 10.1 Å². The van der Waals surface area contributed by atoms with Crippen molar-refractivity contribution in [2.75, 3.05) is 7.05 Å². The van der Waals surface area contributed by atoms with Gasteiger partial charge in [0.1, 0.15) is 11.8 Å². The van der Waals surface area contributed by atoms with Crippen molar-refractivity contribution >= 4 is 11.9 Å². The maximum Gasteiger partial charge on any atom is 0.573 e. The van der Waals surface area contributed by atoms with Gasteiger partial charge in [-0.3, -0.25) is 15.1 Å². The van der Waals surface area contributed by atoms with E-state index in [2.05, 4.69) is 20.4 Å². The second-order valence-corrected chi connectivity index (χ2v) is 3.76. The van der Waals surface area contributed by atoms with Crippen molar-refractivity contribution in [3.63, 3.8) is 0 Å². The third-order valence-corrected chi connectivity index (χ3v) is 2.46. The quantitative estimate of drug-likeness (QED) is 0.854. The van der Waals surface area contributed by atoms with E-state index in [9.17, 15) is 18.0 Å². The van der Waals surface area contributed by atoms with Crippen molar-refractivity contribution in [1.82, 2.24) is 10.6 Å². The number of halogens is 3. The molecule has 0 aromatic heterocycles. The average Bonchev–Trinajstić information content (AvgIpc) is 2.70. The first kappa shape index (κ1) is 13.2. The Bertz CT molecular complexity index is 511. The molecule has 1 aliphatic heterocycles. The van der Waals surface area contributed by atoms with E-state index in [1.54, 1.807) is 0 Å². The number of amides is 1. The summed E-state index contributed by atoms with van der Waals surface area (Å²) in [6, 6.07) is 4.41. The van der Waals surface area contributed by atoms with Crippen LogP contribution in [0.25, 0.3) is 0 Å². The molecule has 5 nitrogen and oxygen atoms in total. The highest BCUT2D eigenvalue weighted by molar-refractivity contribution is 6.06. The summed E-state index contributed by atoms with van der Waals surface area (Å²) in [5, 5.41) is 5.29. The largest absolute Gasteiger partial charge is 0.573 e. The third-order valence-electron chi connectivity index (χ3n) is 2.46. The Hall–Kier alpha value is -2.25. The van der Waals surface area contributed by atoms with Crippen molar-refractivity contribution in [3.05, 3.63) is 29.8 Å². The summed E-state index contributed by atoms with van der Waals surface area (Å²) in [6.07, 6.45) is -4.73. The molecular formula is C11H10F3N3O2. The summed E-state index contributed by atoms with van der Waals surface area (Å²) in [6.45, 7) is 0. The van der Waals surface area contributed by atoms with Crippen molar-refractivity contribution in [1.29, 1.82) is 0 Å². The van der Waals surface area contributed by atoms with Crippen LogP contribution in [0.1, 0.15) is 11.6 Å². The van der Waals surface area contributed by atoms with E-state index in [-0.39, 0.29) is 11.7 Å². The highest BCUT2D eigenvalue weighted by atomic mass is 19.4. The highest BCUT2D eigenvalue weighted by Gasteiger charge is 2.32. The second-order valence-electron chi connectivity index (χ2n) is 3.76. The number of hydrogen-bond acceptors (Lipinski definition) is 3. The molecule has 0 aliphatic carbocycles. The topological polar surface area (TPSA) is 62.7 Å². The zero-order valence-corrected chi connectivity index (χ0v) is 9.78. The molecule has 0 spiro atoms. The van der Waals surface area contributed by atoms with Gasteiger partial charge in [0.15, 0.2) is 5.96 Å². The fourth-order valence-corrected chi connectivity index (χ4v) is 1.64.